The highest BCUT2D eigenvalue weighted by molar-refractivity contribution is 6.32. The van der Waals surface area contributed by atoms with Crippen LogP contribution in [-0.4, -0.2) is 95.4 Å². The van der Waals surface area contributed by atoms with Gasteiger partial charge in [0.15, 0.2) is 5.79 Å². The van der Waals surface area contributed by atoms with Crippen LogP contribution in [0.5, 0.6) is 11.5 Å². The zero-order chi connectivity index (χ0) is 42.6. The molecule has 6 aliphatic rings. The predicted octanol–water partition coefficient (Wildman–Crippen LogP) is 5.85. The molecule has 1 amide bonds. The van der Waals surface area contributed by atoms with Crippen molar-refractivity contribution in [3.63, 3.8) is 0 Å². The van der Waals surface area contributed by atoms with Crippen molar-refractivity contribution in [2.45, 2.75) is 118 Å². The molecule has 2 N–H and O–H groups in total. The number of likely N-dealkylation sites (tertiary alicyclic amines) is 1. The van der Waals surface area contributed by atoms with Gasteiger partial charge in [0, 0.05) is 68.9 Å². The lowest BCUT2D eigenvalue weighted by atomic mass is 9.77. The van der Waals surface area contributed by atoms with Gasteiger partial charge in [-0.05, 0) is 46.6 Å². The second-order valence-electron chi connectivity index (χ2n) is 16.8. The van der Waals surface area contributed by atoms with Gasteiger partial charge in [0.25, 0.3) is 11.7 Å². The van der Waals surface area contributed by atoms with Crippen molar-refractivity contribution >= 4 is 29.2 Å². The van der Waals surface area contributed by atoms with Gasteiger partial charge in [0.2, 0.25) is 11.6 Å². The maximum Gasteiger partial charge on any atom is 0.312 e. The maximum absolute atomic E-state index is 14.7. The van der Waals surface area contributed by atoms with E-state index in [0.717, 1.165) is 12.8 Å². The molecule has 5 aliphatic heterocycles. The number of nitrogens with one attached hydrogen (secondary N) is 1. The molecule has 0 aromatic heterocycles. The Balaban J connectivity index is 1.50. The number of Topliss-reactive ketones (excluding diaryl/α,β-unsaturated/α-hetero) is 3. The fourth-order valence-electron chi connectivity index (χ4n) is 9.00. The molecule has 14 heteroatoms. The van der Waals surface area contributed by atoms with Crippen LogP contribution >= 0.6 is 0 Å². The number of carbonyl (C=O) groups excluding carboxylic acids is 5. The van der Waals surface area contributed by atoms with E-state index in [1.807, 2.05) is 47.6 Å². The van der Waals surface area contributed by atoms with Crippen LogP contribution in [-0.2, 0) is 33.3 Å². The summed E-state index contributed by atoms with van der Waals surface area (Å²) >= 11 is 0. The van der Waals surface area contributed by atoms with Crippen LogP contribution in [0.1, 0.15) is 112 Å². The smallest absolute Gasteiger partial charge is 0.312 e. The molecule has 1 aromatic carbocycles. The lowest BCUT2D eigenvalue weighted by Gasteiger charge is -2.50. The molecular formula is C44H56N2O12. The number of hydrogen-bond donors (Lipinski definition) is 2. The van der Waals surface area contributed by atoms with Crippen molar-refractivity contribution < 1.29 is 57.5 Å². The van der Waals surface area contributed by atoms with Gasteiger partial charge in [0.05, 0.1) is 41.3 Å². The summed E-state index contributed by atoms with van der Waals surface area (Å²) in [6.45, 7) is 18.2. The number of nitrogens with zero attached hydrogens (tertiary/aromatic N) is 1. The van der Waals surface area contributed by atoms with Gasteiger partial charge in [-0.3, -0.25) is 24.0 Å². The predicted molar refractivity (Wildman–Crippen MR) is 211 cm³/mol. The van der Waals surface area contributed by atoms with Gasteiger partial charge < -0.3 is 43.7 Å². The fraction of sp³-hybridized carbons (Fsp3) is 0.568. The van der Waals surface area contributed by atoms with Gasteiger partial charge in [-0.1, -0.05) is 45.9 Å². The van der Waals surface area contributed by atoms with Gasteiger partial charge >= 0.3 is 11.8 Å². The molecule has 7 bridgehead atoms. The van der Waals surface area contributed by atoms with Gasteiger partial charge in [0.1, 0.15) is 29.0 Å². The van der Waals surface area contributed by atoms with E-state index >= 15 is 0 Å². The van der Waals surface area contributed by atoms with E-state index < -0.39 is 76.3 Å². The maximum atomic E-state index is 14.7. The van der Waals surface area contributed by atoms with Crippen molar-refractivity contribution in [3.05, 3.63) is 69.8 Å². The number of hydrogen-bond acceptors (Lipinski definition) is 13. The molecule has 9 atom stereocenters. The molecule has 2 fully saturated rings. The number of ether oxygens (including phenoxy) is 6. The van der Waals surface area contributed by atoms with Crippen molar-refractivity contribution in [2.24, 2.45) is 23.7 Å². The van der Waals surface area contributed by atoms with Crippen molar-refractivity contribution in [1.29, 1.82) is 0 Å². The third kappa shape index (κ3) is 7.61. The first-order valence-electron chi connectivity index (χ1n) is 20.0. The minimum Gasteiger partial charge on any atom is -0.507 e. The fourth-order valence-corrected chi connectivity index (χ4v) is 9.00. The van der Waals surface area contributed by atoms with Gasteiger partial charge in [-0.25, -0.2) is 0 Å². The first-order chi connectivity index (χ1) is 27.2. The molecule has 58 heavy (non-hydrogen) atoms. The van der Waals surface area contributed by atoms with Crippen LogP contribution in [0.2, 0.25) is 0 Å². The van der Waals surface area contributed by atoms with Crippen LogP contribution in [0.4, 0.5) is 0 Å². The van der Waals surface area contributed by atoms with Crippen molar-refractivity contribution in [1.82, 2.24) is 10.2 Å². The summed E-state index contributed by atoms with van der Waals surface area (Å²) in [4.78, 5) is 71.7. The molecule has 7 rings (SSSR count). The van der Waals surface area contributed by atoms with Crippen molar-refractivity contribution in [3.8, 4) is 11.5 Å². The first kappa shape index (κ1) is 42.8. The number of esters is 1. The third-order valence-corrected chi connectivity index (χ3v) is 12.1. The molecule has 5 heterocycles. The lowest BCUT2D eigenvalue weighted by molar-refractivity contribution is -0.336. The summed E-state index contributed by atoms with van der Waals surface area (Å²) in [6, 6.07) is 0. The number of fused-ring (bicyclic) bond motifs is 10. The summed E-state index contributed by atoms with van der Waals surface area (Å²) in [6.07, 6.45) is 7.44. The van der Waals surface area contributed by atoms with Crippen LogP contribution in [0, 0.1) is 30.6 Å². The SMILES string of the molecule is CO[C@H]1/C=C/O[C@@]2(C)Oc3c(C)c(O)c4c(c3C2=O)C(=O)C(N2CCCC2)=C(NC(=O)/C(C)=C\C=C\[C@H](C)[C@@H]2OC(C)(C)O[C@H]([C@H](C)[C@H](OC(C)=O)[C@@H]1C)[C@@H]2C)C4=O. The molecular weight excluding hydrogens is 748 g/mol. The van der Waals surface area contributed by atoms with E-state index in [0.29, 0.717) is 13.1 Å². The molecule has 314 valence electrons. The van der Waals surface area contributed by atoms with E-state index in [9.17, 15) is 29.1 Å². The molecule has 2 saturated heterocycles. The molecule has 1 aromatic rings. The highest BCUT2D eigenvalue weighted by atomic mass is 16.7. The Labute approximate surface area is 339 Å². The normalized spacial score (nSPS) is 34.8. The van der Waals surface area contributed by atoms with Gasteiger partial charge in [-0.2, -0.15) is 0 Å². The number of benzene rings is 1. The standard InChI is InChI=1S/C44H56N2O12/c1-21-15-14-16-22(2)42(52)45-32-33(46-18-12-13-19-46)36(50)29-30(35(32)49)34(48)24(4)40-31(29)41(51)44(10,58-40)54-20-17-28(53-11)23(3)38(55-27(7)47)26(6)39-25(5)37(21)56-43(8,9)57-39/h14-17,20-21,23,25-26,28,37-39,48H,12-13,18-19H2,1-11H3,(H,45,52)/b15-14+,20-17+,22-16-/t21-,23+,25+,26+,28-,37-,38+,39-,44-/m0/s1. The molecule has 0 unspecified atom stereocenters. The summed E-state index contributed by atoms with van der Waals surface area (Å²) in [5.74, 6) is -8.18. The number of ketones is 3. The van der Waals surface area contributed by atoms with Crippen LogP contribution in [0.3, 0.4) is 0 Å². The van der Waals surface area contributed by atoms with E-state index in [1.165, 1.54) is 34.1 Å². The van der Waals surface area contributed by atoms with Crippen molar-refractivity contribution in [2.75, 3.05) is 20.2 Å². The number of allylic oxidation sites excluding steroid dienone is 4. The number of methoxy groups -OCH3 is 1. The van der Waals surface area contributed by atoms with E-state index in [4.69, 9.17) is 28.4 Å². The van der Waals surface area contributed by atoms with E-state index in [2.05, 4.69) is 5.32 Å². The number of phenols is 1. The third-order valence-electron chi connectivity index (χ3n) is 12.1. The van der Waals surface area contributed by atoms with Crippen LogP contribution in [0.25, 0.3) is 0 Å². The number of phenolic OH excluding ortho intramolecular Hbond substituents is 1. The highest BCUT2D eigenvalue weighted by Crippen LogP contribution is 2.49. The van der Waals surface area contributed by atoms with Gasteiger partial charge in [-0.15, -0.1) is 0 Å². The summed E-state index contributed by atoms with van der Waals surface area (Å²) < 4.78 is 37.1. The first-order valence-corrected chi connectivity index (χ1v) is 20.0. The summed E-state index contributed by atoms with van der Waals surface area (Å²) in [5.41, 5.74) is -0.937. The Morgan fingerprint density at radius 1 is 0.897 bits per heavy atom. The zero-order valence-corrected chi connectivity index (χ0v) is 35.2. The highest BCUT2D eigenvalue weighted by Gasteiger charge is 2.53. The Morgan fingerprint density at radius 2 is 1.55 bits per heavy atom. The summed E-state index contributed by atoms with van der Waals surface area (Å²) in [7, 11) is 1.50. The number of rotatable bonds is 3. The quantitative estimate of drug-likeness (QED) is 0.348. The van der Waals surface area contributed by atoms with E-state index in [1.54, 1.807) is 30.1 Å². The molecule has 14 nitrogen and oxygen atoms in total. The Kier molecular flexibility index (Phi) is 11.9. The number of amides is 1. The molecule has 0 radical (unpaired) electrons. The average molecular weight is 805 g/mol. The Hall–Kier alpha value is -4.79. The van der Waals surface area contributed by atoms with Crippen LogP contribution < -0.4 is 10.1 Å². The minimum atomic E-state index is -2.02. The molecule has 0 spiro atoms. The monoisotopic (exact) mass is 804 g/mol. The Bertz CT molecular complexity index is 2020. The van der Waals surface area contributed by atoms with E-state index in [-0.39, 0.29) is 63.3 Å². The van der Waals surface area contributed by atoms with Crippen LogP contribution in [0.15, 0.2) is 47.5 Å². The second kappa shape index (κ2) is 16.1. The summed E-state index contributed by atoms with van der Waals surface area (Å²) in [5, 5.41) is 14.2. The lowest BCUT2D eigenvalue weighted by Crippen LogP contribution is -2.56. The second-order valence-corrected chi connectivity index (χ2v) is 16.8. The number of carbonyl (C=O) groups is 5. The Morgan fingerprint density at radius 3 is 2.19 bits per heavy atom. The minimum absolute atomic E-state index is 0.0473. The topological polar surface area (TPSA) is 176 Å². The average Bonchev–Trinajstić information content (AvgIpc) is 3.79. The molecule has 0 saturated carbocycles. The molecule has 1 aliphatic carbocycles. The zero-order valence-electron chi connectivity index (χ0n) is 35.2. The largest absolute Gasteiger partial charge is 0.507 e. The number of aromatic hydroxyl groups is 1.